The molecule has 1 aliphatic rings. The fourth-order valence-corrected chi connectivity index (χ4v) is 1.13. The lowest BCUT2D eigenvalue weighted by Crippen LogP contribution is -2.23. The van der Waals surface area contributed by atoms with E-state index >= 15 is 0 Å². The van der Waals surface area contributed by atoms with Crippen LogP contribution in [-0.4, -0.2) is 6.03 Å². The first-order valence-corrected chi connectivity index (χ1v) is 4.11. The lowest BCUT2D eigenvalue weighted by Gasteiger charge is -2.10. The van der Waals surface area contributed by atoms with Gasteiger partial charge < -0.3 is 0 Å². The second-order valence-electron chi connectivity index (χ2n) is 2.92. The number of carbonyl (C=O) groups excluding carboxylic acids is 1. The Bertz CT molecular complexity index is 440. The molecular weight excluding hydrogens is 225 g/mol. The van der Waals surface area contributed by atoms with Gasteiger partial charge in [-0.15, -0.1) is 0 Å². The van der Waals surface area contributed by atoms with Gasteiger partial charge >= 0.3 is 12.2 Å². The summed E-state index contributed by atoms with van der Waals surface area (Å²) in [6.07, 6.45) is -4.40. The SMILES string of the molecule is O=C1[N]N=NN1c1ccc(C(F)(F)F)cc1. The minimum atomic E-state index is -4.40. The summed E-state index contributed by atoms with van der Waals surface area (Å²) in [4.78, 5) is 11.0. The van der Waals surface area contributed by atoms with Crippen molar-refractivity contribution in [3.63, 3.8) is 0 Å². The van der Waals surface area contributed by atoms with Gasteiger partial charge in [0.1, 0.15) is 0 Å². The van der Waals surface area contributed by atoms with Gasteiger partial charge in [-0.3, -0.25) is 0 Å². The van der Waals surface area contributed by atoms with Gasteiger partial charge in [0.05, 0.1) is 11.3 Å². The average Bonchev–Trinajstić information content (AvgIpc) is 2.63. The zero-order chi connectivity index (χ0) is 11.8. The van der Waals surface area contributed by atoms with Crippen molar-refractivity contribution in [2.45, 2.75) is 6.18 Å². The van der Waals surface area contributed by atoms with E-state index in [4.69, 9.17) is 0 Å². The number of rotatable bonds is 1. The number of amides is 2. The van der Waals surface area contributed by atoms with E-state index in [0.717, 1.165) is 29.3 Å². The highest BCUT2D eigenvalue weighted by Gasteiger charge is 2.31. The smallest absolute Gasteiger partial charge is 0.242 e. The van der Waals surface area contributed by atoms with Gasteiger partial charge in [-0.25, -0.2) is 4.79 Å². The van der Waals surface area contributed by atoms with Crippen LogP contribution in [0.25, 0.3) is 0 Å². The van der Waals surface area contributed by atoms with Gasteiger partial charge in [-0.2, -0.15) is 18.2 Å². The Hall–Kier alpha value is -2.12. The standard InChI is InChI=1S/C8H4F3N4O/c9-8(10,11)5-1-3-6(4-2-5)15-7(16)12-13-14-15/h1-4H. The van der Waals surface area contributed by atoms with Crippen LogP contribution < -0.4 is 10.4 Å². The molecule has 0 N–H and O–H groups in total. The third-order valence-electron chi connectivity index (χ3n) is 1.88. The van der Waals surface area contributed by atoms with Gasteiger partial charge in [0.15, 0.2) is 0 Å². The largest absolute Gasteiger partial charge is 0.416 e. The number of carbonyl (C=O) groups is 1. The maximum Gasteiger partial charge on any atom is 0.416 e. The van der Waals surface area contributed by atoms with Crippen LogP contribution in [0.5, 0.6) is 0 Å². The number of urea groups is 1. The Labute approximate surface area is 87.5 Å². The Morgan fingerprint density at radius 1 is 1.12 bits per heavy atom. The number of anilines is 1. The van der Waals surface area contributed by atoms with Crippen LogP contribution in [0, 0.1) is 0 Å². The predicted octanol–water partition coefficient (Wildman–Crippen LogP) is 2.53. The number of alkyl halides is 3. The molecule has 1 aromatic rings. The summed E-state index contributed by atoms with van der Waals surface area (Å²) in [5, 5.41) is 7.24. The monoisotopic (exact) mass is 229 g/mol. The van der Waals surface area contributed by atoms with E-state index in [1.807, 2.05) is 0 Å². The summed E-state index contributed by atoms with van der Waals surface area (Å²) in [6.45, 7) is 0. The highest BCUT2D eigenvalue weighted by molar-refractivity contribution is 5.91. The quantitative estimate of drug-likeness (QED) is 0.729. The van der Waals surface area contributed by atoms with Crippen molar-refractivity contribution in [2.75, 3.05) is 5.01 Å². The Balaban J connectivity index is 2.26. The van der Waals surface area contributed by atoms with Gasteiger partial charge in [0, 0.05) is 0 Å². The first-order valence-electron chi connectivity index (χ1n) is 4.11. The number of nitrogens with zero attached hydrogens (tertiary/aromatic N) is 4. The molecule has 1 aromatic carbocycles. The van der Waals surface area contributed by atoms with Crippen LogP contribution in [0.15, 0.2) is 34.7 Å². The maximum absolute atomic E-state index is 12.2. The molecule has 0 unspecified atom stereocenters. The minimum Gasteiger partial charge on any atom is -0.242 e. The second kappa shape index (κ2) is 3.47. The number of hydrogen-bond donors (Lipinski definition) is 0. The molecule has 0 aliphatic carbocycles. The lowest BCUT2D eigenvalue weighted by molar-refractivity contribution is -0.137. The van der Waals surface area contributed by atoms with Crippen LogP contribution in [-0.2, 0) is 6.18 Å². The molecule has 1 radical (unpaired) electrons. The topological polar surface area (TPSA) is 59.1 Å². The third kappa shape index (κ3) is 1.81. The molecule has 16 heavy (non-hydrogen) atoms. The molecule has 8 heteroatoms. The fraction of sp³-hybridized carbons (Fsp3) is 0.125. The molecule has 0 atom stereocenters. The van der Waals surface area contributed by atoms with Crippen LogP contribution in [0.3, 0.4) is 0 Å². The van der Waals surface area contributed by atoms with E-state index in [1.165, 1.54) is 0 Å². The molecule has 83 valence electrons. The molecule has 2 amide bonds. The lowest BCUT2D eigenvalue weighted by atomic mass is 10.2. The van der Waals surface area contributed by atoms with E-state index in [2.05, 4.69) is 15.9 Å². The molecule has 0 bridgehead atoms. The zero-order valence-corrected chi connectivity index (χ0v) is 7.64. The van der Waals surface area contributed by atoms with Gasteiger partial charge in [-0.05, 0) is 34.7 Å². The van der Waals surface area contributed by atoms with Crippen molar-refractivity contribution in [3.8, 4) is 0 Å². The molecule has 0 spiro atoms. The van der Waals surface area contributed by atoms with Crippen molar-refractivity contribution in [3.05, 3.63) is 29.8 Å². The second-order valence-corrected chi connectivity index (χ2v) is 2.92. The molecule has 1 aliphatic heterocycles. The van der Waals surface area contributed by atoms with E-state index < -0.39 is 17.8 Å². The maximum atomic E-state index is 12.2. The van der Waals surface area contributed by atoms with Crippen molar-refractivity contribution >= 4 is 11.7 Å². The predicted molar refractivity (Wildman–Crippen MR) is 46.3 cm³/mol. The van der Waals surface area contributed by atoms with Crippen LogP contribution >= 0.6 is 0 Å². The van der Waals surface area contributed by atoms with Crippen molar-refractivity contribution in [1.82, 2.24) is 5.43 Å². The summed E-state index contributed by atoms with van der Waals surface area (Å²) >= 11 is 0. The Morgan fingerprint density at radius 2 is 1.75 bits per heavy atom. The molecule has 5 nitrogen and oxygen atoms in total. The first kappa shape index (κ1) is 10.4. The molecule has 2 rings (SSSR count). The van der Waals surface area contributed by atoms with Gasteiger partial charge in [-0.1, -0.05) is 5.43 Å². The molecule has 0 saturated heterocycles. The zero-order valence-electron chi connectivity index (χ0n) is 7.64. The molecule has 1 heterocycles. The molecule has 0 saturated carbocycles. The molecular formula is C8H4F3N4O. The number of halogens is 3. The Morgan fingerprint density at radius 3 is 2.19 bits per heavy atom. The van der Waals surface area contributed by atoms with E-state index in [1.54, 1.807) is 0 Å². The summed E-state index contributed by atoms with van der Waals surface area (Å²) in [5.41, 5.74) is 2.48. The summed E-state index contributed by atoms with van der Waals surface area (Å²) < 4.78 is 36.7. The molecule has 0 fully saturated rings. The third-order valence-corrected chi connectivity index (χ3v) is 1.88. The fourth-order valence-electron chi connectivity index (χ4n) is 1.13. The minimum absolute atomic E-state index is 0.183. The van der Waals surface area contributed by atoms with Crippen LogP contribution in [0.2, 0.25) is 0 Å². The summed E-state index contributed by atoms with van der Waals surface area (Å²) in [5.74, 6) is 0. The van der Waals surface area contributed by atoms with E-state index in [-0.39, 0.29) is 5.69 Å². The highest BCUT2D eigenvalue weighted by atomic mass is 19.4. The summed E-state index contributed by atoms with van der Waals surface area (Å²) in [6, 6.07) is 3.23. The Kier molecular flexibility index (Phi) is 2.26. The normalized spacial score (nSPS) is 15.4. The van der Waals surface area contributed by atoms with Crippen molar-refractivity contribution in [1.29, 1.82) is 0 Å². The van der Waals surface area contributed by atoms with Gasteiger partial charge in [0.2, 0.25) is 0 Å². The van der Waals surface area contributed by atoms with Crippen LogP contribution in [0.4, 0.5) is 23.7 Å². The van der Waals surface area contributed by atoms with Crippen LogP contribution in [0.1, 0.15) is 5.56 Å². The molecule has 0 aromatic heterocycles. The van der Waals surface area contributed by atoms with Gasteiger partial charge in [0.25, 0.3) is 0 Å². The van der Waals surface area contributed by atoms with E-state index in [9.17, 15) is 18.0 Å². The number of hydrogen-bond acceptors (Lipinski definition) is 3. The summed E-state index contributed by atoms with van der Waals surface area (Å²) in [7, 11) is 0. The number of benzene rings is 1. The average molecular weight is 229 g/mol. The van der Waals surface area contributed by atoms with E-state index in [0.29, 0.717) is 0 Å². The first-order chi connectivity index (χ1) is 7.48. The van der Waals surface area contributed by atoms with Crippen molar-refractivity contribution < 1.29 is 18.0 Å². The van der Waals surface area contributed by atoms with Crippen molar-refractivity contribution in [2.24, 2.45) is 10.4 Å². The highest BCUT2D eigenvalue weighted by Crippen LogP contribution is 2.30.